The summed E-state index contributed by atoms with van der Waals surface area (Å²) in [5.74, 6) is -0.308. The molecule has 4 nitrogen and oxygen atoms in total. The minimum absolute atomic E-state index is 0.609. The molecule has 1 aromatic heterocycles. The zero-order valence-corrected chi connectivity index (χ0v) is 13.2. The van der Waals surface area contributed by atoms with Gasteiger partial charge in [-0.3, -0.25) is 4.90 Å². The summed E-state index contributed by atoms with van der Waals surface area (Å²) in [6.45, 7) is 7.95. The van der Waals surface area contributed by atoms with Gasteiger partial charge < -0.3 is 9.84 Å². The van der Waals surface area contributed by atoms with E-state index in [1.54, 1.807) is 24.5 Å². The van der Waals surface area contributed by atoms with Gasteiger partial charge in [0.25, 0.3) is 0 Å². The van der Waals surface area contributed by atoms with Crippen LogP contribution in [0.1, 0.15) is 24.3 Å². The summed E-state index contributed by atoms with van der Waals surface area (Å²) < 4.78 is 5.15. The molecule has 0 atom stereocenters. The summed E-state index contributed by atoms with van der Waals surface area (Å²) in [6.07, 6.45) is 2.80. The van der Waals surface area contributed by atoms with E-state index < -0.39 is 5.97 Å². The quantitative estimate of drug-likeness (QED) is 0.712. The van der Waals surface area contributed by atoms with E-state index in [1.807, 2.05) is 11.4 Å². The molecule has 0 radical (unpaired) electrons. The molecule has 1 aromatic rings. The summed E-state index contributed by atoms with van der Waals surface area (Å²) in [4.78, 5) is 14.1. The number of hydrogen-bond acceptors (Lipinski definition) is 4. The summed E-state index contributed by atoms with van der Waals surface area (Å²) in [5.41, 5.74) is 0.948. The Labute approximate surface area is 124 Å². The second kappa shape index (κ2) is 8.89. The standard InChI is InChI=1S/C15H23NO3S/c1-12(2)9-16(6-7-19-3)10-14-8-13(11-20-14)4-5-15(17)18/h4-5,8,11-12H,6-7,9-10H2,1-3H3,(H,17,18). The van der Waals surface area contributed by atoms with Crippen LogP contribution in [0, 0.1) is 5.92 Å². The van der Waals surface area contributed by atoms with Gasteiger partial charge in [-0.15, -0.1) is 11.3 Å². The first-order valence-corrected chi connectivity index (χ1v) is 7.59. The largest absolute Gasteiger partial charge is 0.478 e. The molecule has 20 heavy (non-hydrogen) atoms. The zero-order valence-electron chi connectivity index (χ0n) is 12.3. The molecule has 0 saturated carbocycles. The Morgan fingerprint density at radius 1 is 1.55 bits per heavy atom. The fraction of sp³-hybridized carbons (Fsp3) is 0.533. The molecule has 0 bridgehead atoms. The molecular formula is C15H23NO3S. The number of carbonyl (C=O) groups is 1. The molecular weight excluding hydrogens is 274 g/mol. The Morgan fingerprint density at radius 3 is 2.90 bits per heavy atom. The van der Waals surface area contributed by atoms with Crippen molar-refractivity contribution in [1.82, 2.24) is 4.90 Å². The Balaban J connectivity index is 2.61. The molecule has 0 saturated heterocycles. The molecule has 0 spiro atoms. The number of rotatable bonds is 9. The molecule has 0 amide bonds. The predicted octanol–water partition coefficient (Wildman–Crippen LogP) is 2.95. The highest BCUT2D eigenvalue weighted by Gasteiger charge is 2.09. The van der Waals surface area contributed by atoms with E-state index in [2.05, 4.69) is 18.7 Å². The van der Waals surface area contributed by atoms with Crippen LogP contribution in [-0.4, -0.2) is 42.8 Å². The number of ether oxygens (including phenoxy) is 1. The van der Waals surface area contributed by atoms with Gasteiger partial charge in [0, 0.05) is 37.7 Å². The van der Waals surface area contributed by atoms with Crippen LogP contribution in [0.4, 0.5) is 0 Å². The Kier molecular flexibility index (Phi) is 7.51. The zero-order chi connectivity index (χ0) is 15.0. The molecule has 1 rings (SSSR count). The molecule has 0 unspecified atom stereocenters. The van der Waals surface area contributed by atoms with Crippen molar-refractivity contribution in [3.8, 4) is 0 Å². The lowest BCUT2D eigenvalue weighted by atomic mass is 10.2. The Morgan fingerprint density at radius 2 is 2.30 bits per heavy atom. The second-order valence-electron chi connectivity index (χ2n) is 5.14. The van der Waals surface area contributed by atoms with Crippen molar-refractivity contribution in [2.45, 2.75) is 20.4 Å². The minimum atomic E-state index is -0.917. The lowest BCUT2D eigenvalue weighted by Crippen LogP contribution is -2.30. The number of hydrogen-bond donors (Lipinski definition) is 1. The van der Waals surface area contributed by atoms with Gasteiger partial charge in [-0.25, -0.2) is 4.79 Å². The average Bonchev–Trinajstić information content (AvgIpc) is 2.80. The van der Waals surface area contributed by atoms with Gasteiger partial charge in [-0.2, -0.15) is 0 Å². The van der Waals surface area contributed by atoms with Crippen LogP contribution in [0.2, 0.25) is 0 Å². The van der Waals surface area contributed by atoms with Gasteiger partial charge in [-0.05, 0) is 29.0 Å². The van der Waals surface area contributed by atoms with E-state index in [9.17, 15) is 4.79 Å². The van der Waals surface area contributed by atoms with Crippen molar-refractivity contribution in [2.24, 2.45) is 5.92 Å². The molecule has 1 N–H and O–H groups in total. The summed E-state index contributed by atoms with van der Waals surface area (Å²) in [7, 11) is 1.72. The van der Waals surface area contributed by atoms with Gasteiger partial charge in [0.1, 0.15) is 0 Å². The third kappa shape index (κ3) is 6.84. The molecule has 0 aromatic carbocycles. The number of nitrogens with zero attached hydrogens (tertiary/aromatic N) is 1. The smallest absolute Gasteiger partial charge is 0.328 e. The van der Waals surface area contributed by atoms with Gasteiger partial charge in [-0.1, -0.05) is 13.8 Å². The van der Waals surface area contributed by atoms with Crippen molar-refractivity contribution in [3.05, 3.63) is 28.0 Å². The normalized spacial score (nSPS) is 11.8. The number of carboxylic acid groups (broad SMARTS) is 1. The van der Waals surface area contributed by atoms with Crippen molar-refractivity contribution in [1.29, 1.82) is 0 Å². The van der Waals surface area contributed by atoms with Crippen molar-refractivity contribution in [3.63, 3.8) is 0 Å². The second-order valence-corrected chi connectivity index (χ2v) is 6.14. The number of thiophene rings is 1. The molecule has 112 valence electrons. The van der Waals surface area contributed by atoms with Crippen LogP contribution in [0.5, 0.6) is 0 Å². The third-order valence-electron chi connectivity index (χ3n) is 2.71. The third-order valence-corrected chi connectivity index (χ3v) is 3.65. The van der Waals surface area contributed by atoms with Gasteiger partial charge in [0.2, 0.25) is 0 Å². The first kappa shape index (κ1) is 16.9. The summed E-state index contributed by atoms with van der Waals surface area (Å²) >= 11 is 1.66. The van der Waals surface area contributed by atoms with Crippen molar-refractivity contribution >= 4 is 23.4 Å². The molecule has 5 heteroatoms. The van der Waals surface area contributed by atoms with E-state index in [0.29, 0.717) is 5.92 Å². The first-order chi connectivity index (χ1) is 9.51. The van der Waals surface area contributed by atoms with Crippen LogP contribution in [0.25, 0.3) is 6.08 Å². The van der Waals surface area contributed by atoms with Gasteiger partial charge in [0.15, 0.2) is 0 Å². The Bertz CT molecular complexity index is 440. The van der Waals surface area contributed by atoms with Gasteiger partial charge >= 0.3 is 5.97 Å². The molecule has 0 aliphatic heterocycles. The monoisotopic (exact) mass is 297 g/mol. The maximum Gasteiger partial charge on any atom is 0.328 e. The average molecular weight is 297 g/mol. The van der Waals surface area contributed by atoms with E-state index in [4.69, 9.17) is 9.84 Å². The maximum atomic E-state index is 10.5. The van der Waals surface area contributed by atoms with Crippen LogP contribution in [0.3, 0.4) is 0 Å². The fourth-order valence-corrected chi connectivity index (χ4v) is 2.82. The highest BCUT2D eigenvalue weighted by Crippen LogP contribution is 2.18. The molecule has 0 fully saturated rings. The van der Waals surface area contributed by atoms with Crippen LogP contribution >= 0.6 is 11.3 Å². The van der Waals surface area contributed by atoms with E-state index >= 15 is 0 Å². The first-order valence-electron chi connectivity index (χ1n) is 6.71. The highest BCUT2D eigenvalue weighted by molar-refractivity contribution is 7.10. The minimum Gasteiger partial charge on any atom is -0.478 e. The molecule has 0 aliphatic carbocycles. The van der Waals surface area contributed by atoms with E-state index in [-0.39, 0.29) is 0 Å². The Hall–Kier alpha value is -1.17. The topological polar surface area (TPSA) is 49.8 Å². The van der Waals surface area contributed by atoms with Crippen LogP contribution in [0.15, 0.2) is 17.5 Å². The van der Waals surface area contributed by atoms with Crippen molar-refractivity contribution < 1.29 is 14.6 Å². The van der Waals surface area contributed by atoms with Crippen LogP contribution < -0.4 is 0 Å². The molecule has 0 aliphatic rings. The van der Waals surface area contributed by atoms with Crippen molar-refractivity contribution in [2.75, 3.05) is 26.8 Å². The fourth-order valence-electron chi connectivity index (χ4n) is 1.93. The molecule has 1 heterocycles. The number of aliphatic carboxylic acids is 1. The maximum absolute atomic E-state index is 10.5. The lowest BCUT2D eigenvalue weighted by molar-refractivity contribution is -0.131. The number of methoxy groups -OCH3 is 1. The highest BCUT2D eigenvalue weighted by atomic mass is 32.1. The predicted molar refractivity (Wildman–Crippen MR) is 83.0 cm³/mol. The van der Waals surface area contributed by atoms with E-state index in [0.717, 1.165) is 31.8 Å². The van der Waals surface area contributed by atoms with Gasteiger partial charge in [0.05, 0.1) is 6.61 Å². The SMILES string of the molecule is COCCN(Cc1cc(C=CC(=O)O)cs1)CC(C)C. The number of carboxylic acids is 1. The summed E-state index contributed by atoms with van der Waals surface area (Å²) in [5, 5.41) is 10.6. The van der Waals surface area contributed by atoms with E-state index in [1.165, 1.54) is 11.0 Å². The van der Waals surface area contributed by atoms with Crippen LogP contribution in [-0.2, 0) is 16.1 Å². The lowest BCUT2D eigenvalue weighted by Gasteiger charge is -2.23. The summed E-state index contributed by atoms with van der Waals surface area (Å²) in [6, 6.07) is 2.05.